The highest BCUT2D eigenvalue weighted by Crippen LogP contribution is 2.58. The smallest absolute Gasteiger partial charge is 0.324 e. The summed E-state index contributed by atoms with van der Waals surface area (Å²) in [5, 5.41) is 4.00. The summed E-state index contributed by atoms with van der Waals surface area (Å²) in [6.45, 7) is 5.61. The number of halogens is 1. The van der Waals surface area contributed by atoms with Gasteiger partial charge in [-0.15, -0.1) is 0 Å². The monoisotopic (exact) mass is 489 g/mol. The molecule has 0 amide bonds. The Hall–Kier alpha value is -3.15. The van der Waals surface area contributed by atoms with E-state index in [1.807, 2.05) is 81.4 Å². The predicted molar refractivity (Wildman–Crippen MR) is 135 cm³/mol. The van der Waals surface area contributed by atoms with E-state index < -0.39 is 35.0 Å². The molecule has 3 aromatic rings. The van der Waals surface area contributed by atoms with Crippen LogP contribution >= 0.6 is 11.6 Å². The SMILES string of the molecule is CC(C)(C)OC(=O)[C@H]1N[C@@H](c2ccccc2Cl)[C@]2(COc3ccccc3C2=O)[C@@H]1c1ccccc1. The van der Waals surface area contributed by atoms with Crippen molar-refractivity contribution in [3.8, 4) is 5.75 Å². The molecule has 5 rings (SSSR count). The molecule has 180 valence electrons. The van der Waals surface area contributed by atoms with Crippen LogP contribution < -0.4 is 10.1 Å². The van der Waals surface area contributed by atoms with Gasteiger partial charge in [-0.2, -0.15) is 0 Å². The summed E-state index contributed by atoms with van der Waals surface area (Å²) in [7, 11) is 0. The highest BCUT2D eigenvalue weighted by Gasteiger charge is 2.64. The van der Waals surface area contributed by atoms with Gasteiger partial charge in [0.1, 0.15) is 24.0 Å². The maximum Gasteiger partial charge on any atom is 0.324 e. The standard InChI is InChI=1S/C29H28ClNO4/c1-28(2,3)35-27(33)24-23(18-11-5-4-6-12-18)29(25(31-24)19-13-7-9-15-21(19)30)17-34-22-16-10-8-14-20(22)26(29)32/h4-16,23-25,31H,17H2,1-3H3/t23-,24+,25+,29+/m1/s1. The third-order valence-electron chi connectivity index (χ3n) is 6.81. The van der Waals surface area contributed by atoms with E-state index in [2.05, 4.69) is 5.32 Å². The third-order valence-corrected chi connectivity index (χ3v) is 7.15. The predicted octanol–water partition coefficient (Wildman–Crippen LogP) is 5.74. The minimum absolute atomic E-state index is 0.0725. The quantitative estimate of drug-likeness (QED) is 0.475. The van der Waals surface area contributed by atoms with Gasteiger partial charge in [0.05, 0.1) is 17.0 Å². The number of hydrogen-bond donors (Lipinski definition) is 1. The highest BCUT2D eigenvalue weighted by atomic mass is 35.5. The molecule has 1 fully saturated rings. The Morgan fingerprint density at radius 1 is 1.00 bits per heavy atom. The zero-order valence-electron chi connectivity index (χ0n) is 20.0. The summed E-state index contributed by atoms with van der Waals surface area (Å²) in [5.41, 5.74) is 0.306. The van der Waals surface area contributed by atoms with Crippen molar-refractivity contribution < 1.29 is 19.1 Å². The molecule has 0 unspecified atom stereocenters. The van der Waals surface area contributed by atoms with Crippen LogP contribution in [0.4, 0.5) is 0 Å². The first-order valence-electron chi connectivity index (χ1n) is 11.8. The number of carbonyl (C=O) groups excluding carboxylic acids is 2. The largest absolute Gasteiger partial charge is 0.492 e. The van der Waals surface area contributed by atoms with Crippen molar-refractivity contribution in [2.24, 2.45) is 5.41 Å². The van der Waals surface area contributed by atoms with E-state index in [-0.39, 0.29) is 12.4 Å². The van der Waals surface area contributed by atoms with Gasteiger partial charge in [0.2, 0.25) is 0 Å². The van der Waals surface area contributed by atoms with Crippen molar-refractivity contribution in [3.05, 3.63) is 101 Å². The topological polar surface area (TPSA) is 64.6 Å². The summed E-state index contributed by atoms with van der Waals surface area (Å²) in [4.78, 5) is 28.1. The number of fused-ring (bicyclic) bond motifs is 1. The fourth-order valence-electron chi connectivity index (χ4n) is 5.44. The lowest BCUT2D eigenvalue weighted by atomic mass is 9.62. The molecule has 0 saturated carbocycles. The Bertz CT molecular complexity index is 1270. The van der Waals surface area contributed by atoms with Gasteiger partial charge >= 0.3 is 5.97 Å². The fraction of sp³-hybridized carbons (Fsp3) is 0.310. The van der Waals surface area contributed by atoms with E-state index in [1.165, 1.54) is 0 Å². The Balaban J connectivity index is 1.74. The van der Waals surface area contributed by atoms with Crippen LogP contribution in [-0.2, 0) is 9.53 Å². The van der Waals surface area contributed by atoms with Crippen molar-refractivity contribution in [2.75, 3.05) is 6.61 Å². The molecule has 4 atom stereocenters. The first-order chi connectivity index (χ1) is 16.7. The van der Waals surface area contributed by atoms with E-state index in [0.717, 1.165) is 11.1 Å². The number of benzene rings is 3. The summed E-state index contributed by atoms with van der Waals surface area (Å²) in [5.74, 6) is -0.474. The molecular formula is C29H28ClNO4. The van der Waals surface area contributed by atoms with Crippen molar-refractivity contribution in [1.29, 1.82) is 0 Å². The zero-order chi connectivity index (χ0) is 24.8. The first kappa shape index (κ1) is 23.6. The number of Topliss-reactive ketones (excluding diaryl/α,β-unsaturated/α-hetero) is 1. The number of nitrogens with one attached hydrogen (secondary N) is 1. The molecule has 3 aromatic carbocycles. The fourth-order valence-corrected chi connectivity index (χ4v) is 5.68. The Labute approximate surface area is 210 Å². The number of ketones is 1. The van der Waals surface area contributed by atoms with E-state index in [0.29, 0.717) is 16.3 Å². The molecule has 2 aliphatic heterocycles. The second kappa shape index (κ2) is 8.81. The van der Waals surface area contributed by atoms with Crippen molar-refractivity contribution in [2.45, 2.75) is 44.4 Å². The minimum atomic E-state index is -1.12. The number of carbonyl (C=O) groups is 2. The molecule has 1 saturated heterocycles. The second-order valence-electron chi connectivity index (χ2n) is 10.2. The lowest BCUT2D eigenvalue weighted by Gasteiger charge is -2.42. The third kappa shape index (κ3) is 4.03. The molecule has 0 aliphatic carbocycles. The van der Waals surface area contributed by atoms with Crippen molar-refractivity contribution in [3.63, 3.8) is 0 Å². The Kier molecular flexibility index (Phi) is 5.94. The van der Waals surface area contributed by atoms with Crippen LogP contribution in [0.2, 0.25) is 5.02 Å². The van der Waals surface area contributed by atoms with Gasteiger partial charge in [-0.05, 0) is 50.1 Å². The average Bonchev–Trinajstić information content (AvgIpc) is 3.17. The van der Waals surface area contributed by atoms with Gasteiger partial charge in [-0.3, -0.25) is 14.9 Å². The minimum Gasteiger partial charge on any atom is -0.492 e. The van der Waals surface area contributed by atoms with Crippen LogP contribution in [0.25, 0.3) is 0 Å². The van der Waals surface area contributed by atoms with Crippen LogP contribution in [-0.4, -0.2) is 30.0 Å². The van der Waals surface area contributed by atoms with Gasteiger partial charge in [0.15, 0.2) is 5.78 Å². The van der Waals surface area contributed by atoms with Crippen LogP contribution in [0.3, 0.4) is 0 Å². The molecule has 0 aromatic heterocycles. The van der Waals surface area contributed by atoms with Crippen molar-refractivity contribution >= 4 is 23.4 Å². The van der Waals surface area contributed by atoms with Gasteiger partial charge < -0.3 is 9.47 Å². The highest BCUT2D eigenvalue weighted by molar-refractivity contribution is 6.31. The molecule has 1 N–H and O–H groups in total. The summed E-state index contributed by atoms with van der Waals surface area (Å²) >= 11 is 6.67. The van der Waals surface area contributed by atoms with E-state index >= 15 is 0 Å². The first-order valence-corrected chi connectivity index (χ1v) is 12.1. The molecule has 0 radical (unpaired) electrons. The summed E-state index contributed by atoms with van der Waals surface area (Å²) in [6, 6.07) is 23.0. The van der Waals surface area contributed by atoms with Gasteiger partial charge in [0.25, 0.3) is 0 Å². The molecule has 35 heavy (non-hydrogen) atoms. The van der Waals surface area contributed by atoms with Crippen LogP contribution in [0.5, 0.6) is 5.75 Å². The molecule has 2 heterocycles. The van der Waals surface area contributed by atoms with Crippen LogP contribution in [0.1, 0.15) is 54.2 Å². The zero-order valence-corrected chi connectivity index (χ0v) is 20.7. The second-order valence-corrected chi connectivity index (χ2v) is 10.6. The molecular weight excluding hydrogens is 462 g/mol. The van der Waals surface area contributed by atoms with Crippen molar-refractivity contribution in [1.82, 2.24) is 5.32 Å². The Morgan fingerprint density at radius 2 is 1.66 bits per heavy atom. The van der Waals surface area contributed by atoms with Crippen LogP contribution in [0.15, 0.2) is 78.9 Å². The normalized spacial score (nSPS) is 25.7. The van der Waals surface area contributed by atoms with Gasteiger partial charge in [-0.1, -0.05) is 72.3 Å². The molecule has 0 bridgehead atoms. The maximum atomic E-state index is 14.5. The number of ether oxygens (including phenoxy) is 2. The number of rotatable bonds is 3. The van der Waals surface area contributed by atoms with Gasteiger partial charge in [0, 0.05) is 10.9 Å². The average molecular weight is 490 g/mol. The molecule has 5 nitrogen and oxygen atoms in total. The van der Waals surface area contributed by atoms with E-state index in [9.17, 15) is 9.59 Å². The van der Waals surface area contributed by atoms with Crippen LogP contribution in [0, 0.1) is 5.41 Å². The summed E-state index contributed by atoms with van der Waals surface area (Å²) in [6.07, 6.45) is 0. The number of para-hydroxylation sites is 1. The molecule has 6 heteroatoms. The number of esters is 1. The number of hydrogen-bond acceptors (Lipinski definition) is 5. The summed E-state index contributed by atoms with van der Waals surface area (Å²) < 4.78 is 12.1. The lowest BCUT2D eigenvalue weighted by Crippen LogP contribution is -2.48. The van der Waals surface area contributed by atoms with E-state index in [4.69, 9.17) is 21.1 Å². The molecule has 1 spiro atoms. The lowest BCUT2D eigenvalue weighted by molar-refractivity contribution is -0.157. The Morgan fingerprint density at radius 3 is 2.37 bits per heavy atom. The maximum absolute atomic E-state index is 14.5. The van der Waals surface area contributed by atoms with E-state index in [1.54, 1.807) is 18.2 Å². The van der Waals surface area contributed by atoms with Gasteiger partial charge in [-0.25, -0.2) is 0 Å². The molecule has 2 aliphatic rings.